The lowest BCUT2D eigenvalue weighted by Crippen LogP contribution is -2.39. The molecule has 11 heteroatoms. The van der Waals surface area contributed by atoms with Crippen LogP contribution in [-0.2, 0) is 4.74 Å². The molecule has 10 nitrogen and oxygen atoms in total. The van der Waals surface area contributed by atoms with Crippen LogP contribution < -0.4 is 15.1 Å². The molecule has 0 radical (unpaired) electrons. The maximum absolute atomic E-state index is 13.3. The molecule has 6 heterocycles. The van der Waals surface area contributed by atoms with E-state index in [1.54, 1.807) is 29.7 Å². The zero-order chi connectivity index (χ0) is 25.4. The Kier molecular flexibility index (Phi) is 6.49. The third-order valence-corrected chi connectivity index (χ3v) is 7.64. The first-order valence-electron chi connectivity index (χ1n) is 12.4. The van der Waals surface area contributed by atoms with Crippen LogP contribution in [0, 0.1) is 6.92 Å². The number of hydrogen-bond donors (Lipinski definition) is 2. The number of carbonyl (C=O) groups excluding carboxylic acids is 1. The molecule has 6 rings (SSSR count). The van der Waals surface area contributed by atoms with Gasteiger partial charge in [0.2, 0.25) is 0 Å². The Morgan fingerprint density at radius 3 is 2.81 bits per heavy atom. The number of anilines is 3. The number of thiazole rings is 1. The number of rotatable bonds is 5. The number of pyridine rings is 2. The summed E-state index contributed by atoms with van der Waals surface area (Å²) in [5, 5.41) is 14.2. The Balaban J connectivity index is 1.32. The average molecular weight is 521 g/mol. The molecule has 4 aromatic heterocycles. The largest absolute Gasteiger partial charge is 0.451 e. The van der Waals surface area contributed by atoms with Gasteiger partial charge in [-0.05, 0) is 50.1 Å². The van der Waals surface area contributed by atoms with E-state index in [1.807, 2.05) is 30.0 Å². The molecule has 2 saturated heterocycles. The van der Waals surface area contributed by atoms with Crippen molar-refractivity contribution in [3.8, 4) is 11.3 Å². The normalized spacial score (nSPS) is 18.4. The van der Waals surface area contributed by atoms with Crippen LogP contribution in [0.25, 0.3) is 21.7 Å². The third-order valence-electron chi connectivity index (χ3n) is 6.59. The van der Waals surface area contributed by atoms with Crippen molar-refractivity contribution in [1.29, 1.82) is 0 Å². The molecule has 0 aliphatic carbocycles. The second kappa shape index (κ2) is 10.1. The van der Waals surface area contributed by atoms with Gasteiger partial charge in [-0.3, -0.25) is 9.78 Å². The number of β-amino-alcohol motifs (C(OH)–C–C–N with tert-alkyl or cyclic N) is 1. The average Bonchev–Trinajstić information content (AvgIpc) is 3.56. The summed E-state index contributed by atoms with van der Waals surface area (Å²) >= 11 is 1.55. The minimum atomic E-state index is -0.439. The number of morpholine rings is 1. The molecule has 2 aliphatic rings. The molecule has 0 aromatic carbocycles. The van der Waals surface area contributed by atoms with Crippen molar-refractivity contribution in [3.63, 3.8) is 0 Å². The van der Waals surface area contributed by atoms with Gasteiger partial charge in [0, 0.05) is 43.6 Å². The van der Waals surface area contributed by atoms with Gasteiger partial charge in [0.1, 0.15) is 5.76 Å². The summed E-state index contributed by atoms with van der Waals surface area (Å²) in [7, 11) is 0. The smallest absolute Gasteiger partial charge is 0.291 e. The van der Waals surface area contributed by atoms with Gasteiger partial charge in [-0.2, -0.15) is 4.98 Å². The lowest BCUT2D eigenvalue weighted by molar-refractivity contribution is 0.0997. The number of nitrogens with zero attached hydrogens (tertiary/aromatic N) is 5. The topological polar surface area (TPSA) is 117 Å². The maximum Gasteiger partial charge on any atom is 0.291 e. The second-order valence-electron chi connectivity index (χ2n) is 9.32. The van der Waals surface area contributed by atoms with E-state index < -0.39 is 6.10 Å². The Morgan fingerprint density at radius 2 is 2.00 bits per heavy atom. The van der Waals surface area contributed by atoms with Gasteiger partial charge < -0.3 is 29.4 Å². The summed E-state index contributed by atoms with van der Waals surface area (Å²) < 4.78 is 12.2. The Morgan fingerprint density at radius 1 is 1.14 bits per heavy atom. The number of aromatic nitrogens is 3. The van der Waals surface area contributed by atoms with E-state index in [1.165, 1.54) is 0 Å². The molecule has 37 heavy (non-hydrogen) atoms. The molecule has 4 aromatic rings. The van der Waals surface area contributed by atoms with Gasteiger partial charge in [0.05, 0.1) is 29.7 Å². The lowest BCUT2D eigenvalue weighted by atomic mass is 10.1. The van der Waals surface area contributed by atoms with Crippen LogP contribution in [-0.4, -0.2) is 71.5 Å². The number of ether oxygens (including phenoxy) is 1. The number of nitrogens with one attached hydrogen (secondary N) is 1. The molecule has 0 bridgehead atoms. The van der Waals surface area contributed by atoms with Crippen LogP contribution in [0.4, 0.5) is 16.6 Å². The van der Waals surface area contributed by atoms with E-state index in [2.05, 4.69) is 15.2 Å². The maximum atomic E-state index is 13.3. The number of aliphatic hydroxyl groups excluding tert-OH is 1. The number of furan rings is 1. The van der Waals surface area contributed by atoms with Crippen LogP contribution in [0.5, 0.6) is 0 Å². The zero-order valence-corrected chi connectivity index (χ0v) is 21.3. The molecule has 2 N–H and O–H groups in total. The summed E-state index contributed by atoms with van der Waals surface area (Å²) in [5.74, 6) is 1.04. The van der Waals surface area contributed by atoms with Crippen LogP contribution in [0.15, 0.2) is 40.9 Å². The minimum absolute atomic E-state index is 0.201. The first-order chi connectivity index (χ1) is 18.0. The molecule has 2 aliphatic heterocycles. The summed E-state index contributed by atoms with van der Waals surface area (Å²) in [5.41, 5.74) is 2.93. The van der Waals surface area contributed by atoms with Gasteiger partial charge in [-0.1, -0.05) is 11.3 Å². The fourth-order valence-corrected chi connectivity index (χ4v) is 5.71. The van der Waals surface area contributed by atoms with Crippen LogP contribution in [0.3, 0.4) is 0 Å². The molecule has 1 atom stereocenters. The van der Waals surface area contributed by atoms with Gasteiger partial charge in [0.25, 0.3) is 5.91 Å². The number of aliphatic hydroxyl groups is 1. The highest BCUT2D eigenvalue weighted by Crippen LogP contribution is 2.36. The van der Waals surface area contributed by atoms with Crippen molar-refractivity contribution in [1.82, 2.24) is 15.0 Å². The minimum Gasteiger partial charge on any atom is -0.451 e. The van der Waals surface area contributed by atoms with Gasteiger partial charge >= 0.3 is 0 Å². The second-order valence-corrected chi connectivity index (χ2v) is 10.3. The van der Waals surface area contributed by atoms with E-state index in [4.69, 9.17) is 19.1 Å². The first-order valence-corrected chi connectivity index (χ1v) is 13.3. The van der Waals surface area contributed by atoms with E-state index in [9.17, 15) is 9.90 Å². The molecule has 0 spiro atoms. The molecular weight excluding hydrogens is 492 g/mol. The third kappa shape index (κ3) is 5.02. The van der Waals surface area contributed by atoms with Crippen LogP contribution in [0.2, 0.25) is 0 Å². The number of aryl methyl sites for hydroxylation is 1. The van der Waals surface area contributed by atoms with E-state index >= 15 is 0 Å². The number of amides is 1. The van der Waals surface area contributed by atoms with Crippen molar-refractivity contribution in [3.05, 3.63) is 48.0 Å². The highest BCUT2D eigenvalue weighted by molar-refractivity contribution is 7.22. The summed E-state index contributed by atoms with van der Waals surface area (Å²) in [6.45, 7) is 6.02. The molecule has 1 amide bonds. The van der Waals surface area contributed by atoms with Crippen LogP contribution in [0.1, 0.15) is 29.1 Å². The Hall–Kier alpha value is -3.54. The van der Waals surface area contributed by atoms with Gasteiger partial charge in [0.15, 0.2) is 22.4 Å². The zero-order valence-electron chi connectivity index (χ0n) is 20.5. The number of fused-ring (bicyclic) bond motifs is 1. The standard InChI is InChI=1S/C26H28N6O4S/c1-16-13-17(6-7-27-16)20-4-5-21(36-20)25(34)28-19-14-22-23(29-24(19)32-8-2-3-18(33)15-32)30-26(37-22)31-9-11-35-12-10-31/h4-7,13-14,18,33H,2-3,8-12,15H2,1H3,(H,28,34)/t18-/m1/s1. The number of hydrogen-bond acceptors (Lipinski definition) is 10. The van der Waals surface area contributed by atoms with Crippen LogP contribution >= 0.6 is 11.3 Å². The van der Waals surface area contributed by atoms with Crippen molar-refractivity contribution in [2.24, 2.45) is 0 Å². The summed E-state index contributed by atoms with van der Waals surface area (Å²) in [4.78, 5) is 31.3. The highest BCUT2D eigenvalue weighted by atomic mass is 32.1. The van der Waals surface area contributed by atoms with E-state index in [-0.39, 0.29) is 11.7 Å². The molecule has 192 valence electrons. The Labute approximate surface area is 217 Å². The van der Waals surface area contributed by atoms with Gasteiger partial charge in [-0.15, -0.1) is 0 Å². The SMILES string of the molecule is Cc1cc(-c2ccc(C(=O)Nc3cc4sc(N5CCOCC5)nc4nc3N3CCC[C@@H](O)C3)o2)ccn1. The predicted molar refractivity (Wildman–Crippen MR) is 143 cm³/mol. The molecule has 0 unspecified atom stereocenters. The quantitative estimate of drug-likeness (QED) is 0.406. The summed E-state index contributed by atoms with van der Waals surface area (Å²) in [6, 6.07) is 9.13. The predicted octanol–water partition coefficient (Wildman–Crippen LogP) is 3.70. The van der Waals surface area contributed by atoms with Crippen molar-refractivity contribution < 1.29 is 19.1 Å². The van der Waals surface area contributed by atoms with Crippen molar-refractivity contribution >= 4 is 44.2 Å². The molecule has 2 fully saturated rings. The fraction of sp³-hybridized carbons (Fsp3) is 0.385. The summed E-state index contributed by atoms with van der Waals surface area (Å²) in [6.07, 6.45) is 2.87. The van der Waals surface area contributed by atoms with Crippen molar-refractivity contribution in [2.75, 3.05) is 54.5 Å². The number of piperidine rings is 1. The highest BCUT2D eigenvalue weighted by Gasteiger charge is 2.25. The van der Waals surface area contributed by atoms with Crippen molar-refractivity contribution in [2.45, 2.75) is 25.9 Å². The molecule has 0 saturated carbocycles. The number of carbonyl (C=O) groups is 1. The van der Waals surface area contributed by atoms with E-state index in [0.29, 0.717) is 42.7 Å². The van der Waals surface area contributed by atoms with E-state index in [0.717, 1.165) is 53.6 Å². The Bertz CT molecular complexity index is 1430. The fourth-order valence-electron chi connectivity index (χ4n) is 4.71. The lowest BCUT2D eigenvalue weighted by Gasteiger charge is -2.32. The molecular formula is C26H28N6O4S. The monoisotopic (exact) mass is 520 g/mol. The van der Waals surface area contributed by atoms with Gasteiger partial charge in [-0.25, -0.2) is 4.98 Å². The first kappa shape index (κ1) is 23.8.